The second-order valence-electron chi connectivity index (χ2n) is 3.82. The van der Waals surface area contributed by atoms with Crippen molar-refractivity contribution in [3.63, 3.8) is 0 Å². The normalized spacial score (nSPS) is 10.4. The Balaban J connectivity index is 2.30. The molecule has 0 saturated carbocycles. The molecule has 0 aromatic heterocycles. The monoisotopic (exact) mass is 325 g/mol. The zero-order chi connectivity index (χ0) is 13.0. The number of para-hydroxylation sites is 1. The van der Waals surface area contributed by atoms with Gasteiger partial charge in [-0.1, -0.05) is 39.7 Å². The van der Waals surface area contributed by atoms with E-state index >= 15 is 0 Å². The van der Waals surface area contributed by atoms with Gasteiger partial charge in [-0.25, -0.2) is 0 Å². The Labute approximate surface area is 120 Å². The molecule has 0 saturated heterocycles. The summed E-state index contributed by atoms with van der Waals surface area (Å²) >= 11 is 9.56. The molecule has 2 rings (SSSR count). The Morgan fingerprint density at radius 1 is 1.11 bits per heavy atom. The van der Waals surface area contributed by atoms with E-state index in [4.69, 9.17) is 22.1 Å². The van der Waals surface area contributed by atoms with Gasteiger partial charge in [0.05, 0.1) is 5.02 Å². The predicted molar refractivity (Wildman–Crippen MR) is 78.4 cm³/mol. The van der Waals surface area contributed by atoms with Crippen LogP contribution in [0.4, 0.5) is 0 Å². The molecule has 0 atom stereocenters. The van der Waals surface area contributed by atoms with Crippen LogP contribution >= 0.6 is 27.5 Å². The van der Waals surface area contributed by atoms with Gasteiger partial charge in [-0.2, -0.15) is 0 Å². The zero-order valence-electron chi connectivity index (χ0n) is 9.70. The molecule has 94 valence electrons. The van der Waals surface area contributed by atoms with E-state index in [2.05, 4.69) is 15.9 Å². The fourth-order valence-corrected chi connectivity index (χ4v) is 2.14. The molecule has 2 aromatic rings. The molecule has 2 aromatic carbocycles. The summed E-state index contributed by atoms with van der Waals surface area (Å²) < 4.78 is 6.85. The number of hydrogen-bond donors (Lipinski definition) is 1. The number of ether oxygens (including phenoxy) is 1. The van der Waals surface area contributed by atoms with Gasteiger partial charge in [-0.15, -0.1) is 0 Å². The van der Waals surface area contributed by atoms with E-state index in [1.807, 2.05) is 42.5 Å². The minimum absolute atomic E-state index is 0.567. The van der Waals surface area contributed by atoms with Gasteiger partial charge in [0.15, 0.2) is 0 Å². The number of rotatable bonds is 4. The van der Waals surface area contributed by atoms with Crippen LogP contribution in [0.5, 0.6) is 11.5 Å². The third kappa shape index (κ3) is 3.25. The maximum atomic E-state index is 6.17. The molecule has 18 heavy (non-hydrogen) atoms. The molecule has 0 bridgehead atoms. The Kier molecular flexibility index (Phi) is 4.64. The standard InChI is InChI=1S/C14H13BrClNO/c15-11-4-6-12(7-5-11)18-14-10(8-9-17)2-1-3-13(14)16/h1-7H,8-9,17H2. The first-order chi connectivity index (χ1) is 8.70. The fourth-order valence-electron chi connectivity index (χ4n) is 1.64. The molecule has 0 aliphatic heterocycles. The first-order valence-corrected chi connectivity index (χ1v) is 6.78. The van der Waals surface area contributed by atoms with Crippen molar-refractivity contribution in [3.05, 3.63) is 57.5 Å². The molecular formula is C14H13BrClNO. The van der Waals surface area contributed by atoms with Gasteiger partial charge in [-0.05, 0) is 48.9 Å². The SMILES string of the molecule is NCCc1cccc(Cl)c1Oc1ccc(Br)cc1. The van der Waals surface area contributed by atoms with Crippen molar-refractivity contribution in [1.82, 2.24) is 0 Å². The lowest BCUT2D eigenvalue weighted by molar-refractivity contribution is 0.476. The molecule has 0 amide bonds. The van der Waals surface area contributed by atoms with E-state index in [1.54, 1.807) is 0 Å². The molecule has 0 unspecified atom stereocenters. The van der Waals surface area contributed by atoms with Crippen LogP contribution in [0.15, 0.2) is 46.9 Å². The second kappa shape index (κ2) is 6.23. The average Bonchev–Trinajstić information content (AvgIpc) is 2.36. The number of hydrogen-bond acceptors (Lipinski definition) is 2. The molecular weight excluding hydrogens is 314 g/mol. The summed E-state index contributed by atoms with van der Waals surface area (Å²) in [6.07, 6.45) is 0.742. The second-order valence-corrected chi connectivity index (χ2v) is 5.15. The summed E-state index contributed by atoms with van der Waals surface area (Å²) in [5, 5.41) is 0.601. The summed E-state index contributed by atoms with van der Waals surface area (Å²) in [5.41, 5.74) is 6.61. The van der Waals surface area contributed by atoms with Crippen LogP contribution < -0.4 is 10.5 Å². The molecule has 2 N–H and O–H groups in total. The van der Waals surface area contributed by atoms with E-state index in [9.17, 15) is 0 Å². The number of halogens is 2. The van der Waals surface area contributed by atoms with Crippen molar-refractivity contribution in [2.24, 2.45) is 5.73 Å². The molecule has 0 radical (unpaired) electrons. The Bertz CT molecular complexity index is 528. The summed E-state index contributed by atoms with van der Waals surface area (Å²) in [6.45, 7) is 0.567. The Hall–Kier alpha value is -1.03. The highest BCUT2D eigenvalue weighted by molar-refractivity contribution is 9.10. The third-order valence-electron chi connectivity index (χ3n) is 2.50. The smallest absolute Gasteiger partial charge is 0.149 e. The van der Waals surface area contributed by atoms with Gasteiger partial charge < -0.3 is 10.5 Å². The van der Waals surface area contributed by atoms with Crippen LogP contribution in [-0.2, 0) is 6.42 Å². The van der Waals surface area contributed by atoms with Crippen LogP contribution in [0.25, 0.3) is 0 Å². The molecule has 0 aliphatic rings. The van der Waals surface area contributed by atoms with Crippen LogP contribution in [0, 0.1) is 0 Å². The van der Waals surface area contributed by atoms with E-state index < -0.39 is 0 Å². The highest BCUT2D eigenvalue weighted by atomic mass is 79.9. The van der Waals surface area contributed by atoms with Crippen molar-refractivity contribution < 1.29 is 4.74 Å². The first kappa shape index (κ1) is 13.4. The van der Waals surface area contributed by atoms with Crippen molar-refractivity contribution in [2.45, 2.75) is 6.42 Å². The largest absolute Gasteiger partial charge is 0.456 e. The molecule has 0 fully saturated rings. The predicted octanol–water partition coefficient (Wildman–Crippen LogP) is 4.40. The maximum absolute atomic E-state index is 6.17. The number of nitrogens with two attached hydrogens (primary N) is 1. The van der Waals surface area contributed by atoms with E-state index in [0.29, 0.717) is 17.3 Å². The topological polar surface area (TPSA) is 35.2 Å². The quantitative estimate of drug-likeness (QED) is 0.904. The Morgan fingerprint density at radius 2 is 1.83 bits per heavy atom. The zero-order valence-corrected chi connectivity index (χ0v) is 12.0. The van der Waals surface area contributed by atoms with Gasteiger partial charge in [0, 0.05) is 4.47 Å². The highest BCUT2D eigenvalue weighted by Crippen LogP contribution is 2.33. The van der Waals surface area contributed by atoms with Gasteiger partial charge >= 0.3 is 0 Å². The number of benzene rings is 2. The van der Waals surface area contributed by atoms with Crippen LogP contribution in [0.3, 0.4) is 0 Å². The molecule has 0 spiro atoms. The molecule has 0 heterocycles. The minimum atomic E-state index is 0.567. The lowest BCUT2D eigenvalue weighted by Crippen LogP contribution is -2.04. The van der Waals surface area contributed by atoms with Gasteiger partial charge in [0.2, 0.25) is 0 Å². The van der Waals surface area contributed by atoms with Crippen LogP contribution in [0.1, 0.15) is 5.56 Å². The van der Waals surface area contributed by atoms with E-state index in [-0.39, 0.29) is 0 Å². The first-order valence-electron chi connectivity index (χ1n) is 5.61. The van der Waals surface area contributed by atoms with E-state index in [0.717, 1.165) is 22.2 Å². The minimum Gasteiger partial charge on any atom is -0.456 e. The molecule has 2 nitrogen and oxygen atoms in total. The average molecular weight is 327 g/mol. The summed E-state index contributed by atoms with van der Waals surface area (Å²) in [6, 6.07) is 13.3. The summed E-state index contributed by atoms with van der Waals surface area (Å²) in [7, 11) is 0. The van der Waals surface area contributed by atoms with Gasteiger partial charge in [0.1, 0.15) is 11.5 Å². The van der Waals surface area contributed by atoms with E-state index in [1.165, 1.54) is 0 Å². The highest BCUT2D eigenvalue weighted by Gasteiger charge is 2.09. The summed E-state index contributed by atoms with van der Waals surface area (Å²) in [5.74, 6) is 1.44. The summed E-state index contributed by atoms with van der Waals surface area (Å²) in [4.78, 5) is 0. The van der Waals surface area contributed by atoms with Gasteiger partial charge in [0.25, 0.3) is 0 Å². The fraction of sp³-hybridized carbons (Fsp3) is 0.143. The molecule has 4 heteroatoms. The van der Waals surface area contributed by atoms with Crippen molar-refractivity contribution in [3.8, 4) is 11.5 Å². The third-order valence-corrected chi connectivity index (χ3v) is 3.32. The Morgan fingerprint density at radius 3 is 2.50 bits per heavy atom. The van der Waals surface area contributed by atoms with Crippen molar-refractivity contribution in [2.75, 3.05) is 6.54 Å². The van der Waals surface area contributed by atoms with Crippen molar-refractivity contribution in [1.29, 1.82) is 0 Å². The lowest BCUT2D eigenvalue weighted by atomic mass is 10.1. The van der Waals surface area contributed by atoms with Crippen LogP contribution in [0.2, 0.25) is 5.02 Å². The van der Waals surface area contributed by atoms with Crippen LogP contribution in [-0.4, -0.2) is 6.54 Å². The molecule has 0 aliphatic carbocycles. The lowest BCUT2D eigenvalue weighted by Gasteiger charge is -2.12. The van der Waals surface area contributed by atoms with Crippen molar-refractivity contribution >= 4 is 27.5 Å². The van der Waals surface area contributed by atoms with Gasteiger partial charge in [-0.3, -0.25) is 0 Å². The maximum Gasteiger partial charge on any atom is 0.149 e.